The SMILES string of the molecule is Cc1cc2c(s1)Nc1ccccc1N=C2N1CCN(CCCN2C(=O)NC3(CCc4ccccc4C3)C2=O)CC1. The Morgan fingerprint density at radius 2 is 1.75 bits per heavy atom. The molecule has 1 spiro atoms. The van der Waals surface area contributed by atoms with E-state index >= 15 is 0 Å². The number of carbonyl (C=O) groups excluding carboxylic acids is 2. The van der Waals surface area contributed by atoms with Crippen molar-refractivity contribution in [3.8, 4) is 0 Å². The Bertz CT molecular complexity index is 1510. The number of thiophene rings is 1. The molecule has 0 saturated carbocycles. The molecule has 1 aliphatic carbocycles. The van der Waals surface area contributed by atoms with Gasteiger partial charge in [0.2, 0.25) is 0 Å². The minimum Gasteiger partial charge on any atom is -0.353 e. The van der Waals surface area contributed by atoms with Gasteiger partial charge in [-0.25, -0.2) is 9.79 Å². The highest BCUT2D eigenvalue weighted by Crippen LogP contribution is 2.39. The molecule has 2 saturated heterocycles. The van der Waals surface area contributed by atoms with Gasteiger partial charge in [0.05, 0.1) is 16.9 Å². The fourth-order valence-electron chi connectivity index (χ4n) is 6.53. The molecule has 0 bridgehead atoms. The van der Waals surface area contributed by atoms with Crippen molar-refractivity contribution in [3.05, 3.63) is 76.2 Å². The number of benzene rings is 2. The van der Waals surface area contributed by atoms with Crippen LogP contribution in [0.3, 0.4) is 0 Å². The van der Waals surface area contributed by atoms with Gasteiger partial charge in [0.25, 0.3) is 5.91 Å². The topological polar surface area (TPSA) is 80.3 Å². The minimum absolute atomic E-state index is 0.0565. The molecule has 3 amide bonds. The summed E-state index contributed by atoms with van der Waals surface area (Å²) in [6.07, 6.45) is 2.85. The van der Waals surface area contributed by atoms with E-state index in [-0.39, 0.29) is 11.9 Å². The molecule has 4 aliphatic rings. The number of hydrogen-bond donors (Lipinski definition) is 2. The van der Waals surface area contributed by atoms with Crippen LogP contribution in [-0.2, 0) is 17.6 Å². The van der Waals surface area contributed by atoms with E-state index < -0.39 is 5.54 Å². The Morgan fingerprint density at radius 1 is 0.975 bits per heavy atom. The summed E-state index contributed by atoms with van der Waals surface area (Å²) < 4.78 is 0. The molecule has 8 nitrogen and oxygen atoms in total. The Balaban J connectivity index is 0.963. The fraction of sp³-hybridized carbons (Fsp3) is 0.387. The van der Waals surface area contributed by atoms with Crippen LogP contribution in [0.2, 0.25) is 0 Å². The van der Waals surface area contributed by atoms with Crippen LogP contribution >= 0.6 is 11.3 Å². The molecule has 1 unspecified atom stereocenters. The normalized spacial score (nSPS) is 22.3. The Hall–Kier alpha value is -3.69. The predicted molar refractivity (Wildman–Crippen MR) is 159 cm³/mol. The van der Waals surface area contributed by atoms with E-state index in [4.69, 9.17) is 4.99 Å². The first-order chi connectivity index (χ1) is 19.5. The zero-order chi connectivity index (χ0) is 27.3. The Morgan fingerprint density at radius 3 is 2.60 bits per heavy atom. The first-order valence-corrected chi connectivity index (χ1v) is 15.0. The summed E-state index contributed by atoms with van der Waals surface area (Å²) in [6, 6.07) is 18.5. The summed E-state index contributed by atoms with van der Waals surface area (Å²) in [7, 11) is 0. The van der Waals surface area contributed by atoms with Gasteiger partial charge in [-0.15, -0.1) is 11.3 Å². The molecular weight excluding hydrogens is 520 g/mol. The van der Waals surface area contributed by atoms with E-state index in [2.05, 4.69) is 57.7 Å². The van der Waals surface area contributed by atoms with Gasteiger partial charge in [-0.05, 0) is 62.1 Å². The lowest BCUT2D eigenvalue weighted by molar-refractivity contribution is -0.131. The lowest BCUT2D eigenvalue weighted by atomic mass is 9.78. The van der Waals surface area contributed by atoms with Crippen LogP contribution in [0.15, 0.2) is 59.6 Å². The van der Waals surface area contributed by atoms with Gasteiger partial charge < -0.3 is 15.5 Å². The second kappa shape index (κ2) is 10.1. The highest BCUT2D eigenvalue weighted by Gasteiger charge is 2.52. The highest BCUT2D eigenvalue weighted by molar-refractivity contribution is 7.16. The van der Waals surface area contributed by atoms with Crippen LogP contribution < -0.4 is 10.6 Å². The maximum absolute atomic E-state index is 13.4. The first-order valence-electron chi connectivity index (χ1n) is 14.2. The number of anilines is 2. The maximum Gasteiger partial charge on any atom is 0.325 e. The van der Waals surface area contributed by atoms with Crippen LogP contribution in [0.1, 0.15) is 34.4 Å². The molecule has 1 aromatic heterocycles. The second-order valence-corrected chi connectivity index (χ2v) is 12.5. The molecule has 0 radical (unpaired) electrons. The molecule has 1 atom stereocenters. The third-order valence-electron chi connectivity index (χ3n) is 8.68. The van der Waals surface area contributed by atoms with Crippen LogP contribution in [0.5, 0.6) is 0 Å². The lowest BCUT2D eigenvalue weighted by Gasteiger charge is -2.36. The maximum atomic E-state index is 13.4. The molecule has 2 fully saturated rings. The van der Waals surface area contributed by atoms with Crippen LogP contribution in [0, 0.1) is 6.92 Å². The molecule has 2 N–H and O–H groups in total. The number of urea groups is 1. The molecule has 206 valence electrons. The van der Waals surface area contributed by atoms with Gasteiger partial charge in [-0.3, -0.25) is 14.6 Å². The van der Waals surface area contributed by atoms with Crippen LogP contribution in [0.25, 0.3) is 0 Å². The number of amidine groups is 1. The van der Waals surface area contributed by atoms with Crippen molar-refractivity contribution in [3.63, 3.8) is 0 Å². The van der Waals surface area contributed by atoms with Crippen molar-refractivity contribution in [1.82, 2.24) is 20.0 Å². The monoisotopic (exact) mass is 554 g/mol. The van der Waals surface area contributed by atoms with Gasteiger partial charge in [-0.1, -0.05) is 36.4 Å². The van der Waals surface area contributed by atoms with Crippen molar-refractivity contribution in [2.24, 2.45) is 4.99 Å². The number of aliphatic imine (C=N–C) groups is 1. The number of piperazine rings is 1. The van der Waals surface area contributed by atoms with E-state index in [9.17, 15) is 9.59 Å². The number of para-hydroxylation sites is 2. The summed E-state index contributed by atoms with van der Waals surface area (Å²) in [6.45, 7) is 7.09. The molecule has 2 aromatic carbocycles. The number of carbonyl (C=O) groups is 2. The summed E-state index contributed by atoms with van der Waals surface area (Å²) in [4.78, 5) is 38.9. The first kappa shape index (κ1) is 25.3. The zero-order valence-electron chi connectivity index (χ0n) is 22.8. The molecule has 4 heterocycles. The third kappa shape index (κ3) is 4.47. The van der Waals surface area contributed by atoms with Crippen LogP contribution in [0.4, 0.5) is 21.2 Å². The molecule has 9 heteroatoms. The zero-order valence-corrected chi connectivity index (χ0v) is 23.6. The molecular formula is C31H34N6O2S. The molecule has 40 heavy (non-hydrogen) atoms. The average molecular weight is 555 g/mol. The third-order valence-corrected chi connectivity index (χ3v) is 9.65. The number of amides is 3. The number of imide groups is 1. The summed E-state index contributed by atoms with van der Waals surface area (Å²) in [5, 5.41) is 7.80. The Labute approximate surface area is 238 Å². The largest absolute Gasteiger partial charge is 0.353 e. The summed E-state index contributed by atoms with van der Waals surface area (Å²) >= 11 is 1.77. The number of aryl methyl sites for hydroxylation is 2. The predicted octanol–water partition coefficient (Wildman–Crippen LogP) is 4.68. The molecule has 3 aliphatic heterocycles. The number of hydrogen-bond acceptors (Lipinski definition) is 7. The second-order valence-electron chi connectivity index (χ2n) is 11.3. The number of fused-ring (bicyclic) bond motifs is 3. The van der Waals surface area contributed by atoms with Gasteiger partial charge in [-0.2, -0.15) is 0 Å². The van der Waals surface area contributed by atoms with Crippen molar-refractivity contribution >= 4 is 45.5 Å². The van der Waals surface area contributed by atoms with Gasteiger partial charge in [0.15, 0.2) is 0 Å². The van der Waals surface area contributed by atoms with E-state index in [1.54, 1.807) is 11.3 Å². The van der Waals surface area contributed by atoms with Gasteiger partial charge >= 0.3 is 6.03 Å². The van der Waals surface area contributed by atoms with Crippen molar-refractivity contribution < 1.29 is 9.59 Å². The van der Waals surface area contributed by atoms with E-state index in [1.165, 1.54) is 26.5 Å². The number of nitrogens with zero attached hydrogens (tertiary/aromatic N) is 4. The fourth-order valence-corrected chi connectivity index (χ4v) is 7.45. The smallest absolute Gasteiger partial charge is 0.325 e. The summed E-state index contributed by atoms with van der Waals surface area (Å²) in [5.41, 5.74) is 4.86. The van der Waals surface area contributed by atoms with Gasteiger partial charge in [0, 0.05) is 44.0 Å². The molecule has 3 aromatic rings. The Kier molecular flexibility index (Phi) is 6.35. The quantitative estimate of drug-likeness (QED) is 0.458. The average Bonchev–Trinajstić information content (AvgIpc) is 3.38. The van der Waals surface area contributed by atoms with Crippen molar-refractivity contribution in [2.75, 3.05) is 44.6 Å². The highest BCUT2D eigenvalue weighted by atomic mass is 32.1. The van der Waals surface area contributed by atoms with Gasteiger partial charge in [0.1, 0.15) is 16.4 Å². The van der Waals surface area contributed by atoms with E-state index in [0.717, 1.165) is 67.8 Å². The van der Waals surface area contributed by atoms with Crippen molar-refractivity contribution in [1.29, 1.82) is 0 Å². The number of nitrogens with one attached hydrogen (secondary N) is 2. The van der Waals surface area contributed by atoms with E-state index in [0.29, 0.717) is 19.4 Å². The molecule has 7 rings (SSSR count). The summed E-state index contributed by atoms with van der Waals surface area (Å²) in [5.74, 6) is 0.981. The van der Waals surface area contributed by atoms with E-state index in [1.807, 2.05) is 24.3 Å². The van der Waals surface area contributed by atoms with Crippen molar-refractivity contribution in [2.45, 2.75) is 38.1 Å². The number of rotatable bonds is 4. The standard InChI is InChI=1S/C31H34N6O2S/c1-21-19-24-27(32-25-9-4-5-10-26(25)33-28(24)40-21)36-17-15-35(16-18-36)13-6-14-37-29(38)31(34-30(37)39)12-11-22-7-2-3-8-23(22)20-31/h2-5,7-10,19,33H,6,11-18,20H2,1H3,(H,34,39). The lowest BCUT2D eigenvalue weighted by Crippen LogP contribution is -2.51. The van der Waals surface area contributed by atoms with Crippen LogP contribution in [-0.4, -0.2) is 77.3 Å². The minimum atomic E-state index is -0.775.